The van der Waals surface area contributed by atoms with Crippen LogP contribution in [0, 0.1) is 0 Å². The highest BCUT2D eigenvalue weighted by atomic mass is 16.2. The highest BCUT2D eigenvalue weighted by molar-refractivity contribution is 5.93. The minimum Gasteiger partial charge on any atom is -0.340 e. The van der Waals surface area contributed by atoms with Crippen molar-refractivity contribution in [1.82, 2.24) is 14.5 Å². The third-order valence-electron chi connectivity index (χ3n) is 4.01. The van der Waals surface area contributed by atoms with Gasteiger partial charge in [-0.25, -0.2) is 0 Å². The summed E-state index contributed by atoms with van der Waals surface area (Å²) in [5.41, 5.74) is 1.83. The Hall–Kier alpha value is -2.10. The van der Waals surface area contributed by atoms with Crippen molar-refractivity contribution in [1.29, 1.82) is 0 Å². The first-order chi connectivity index (χ1) is 9.68. The molecular weight excluding hydrogens is 250 g/mol. The molecule has 2 aromatic rings. The molecule has 0 aromatic carbocycles. The average Bonchev–Trinajstić information content (AvgIpc) is 3.23. The first kappa shape index (κ1) is 12.9. The maximum Gasteiger partial charge on any atom is 0.270 e. The van der Waals surface area contributed by atoms with Crippen molar-refractivity contribution >= 4 is 5.91 Å². The van der Waals surface area contributed by atoms with E-state index in [0.717, 1.165) is 11.3 Å². The minimum absolute atomic E-state index is 0.0127. The SMILES string of the molecule is CC(c1cccnc1)N(C)C(=O)c1cccn1C1CC1. The van der Waals surface area contributed by atoms with Crippen molar-refractivity contribution in [2.45, 2.75) is 31.8 Å². The molecule has 2 heterocycles. The second-order valence-electron chi connectivity index (χ2n) is 5.41. The molecule has 0 spiro atoms. The monoisotopic (exact) mass is 269 g/mol. The molecule has 1 aliphatic carbocycles. The highest BCUT2D eigenvalue weighted by Gasteiger charge is 2.28. The number of aromatic nitrogens is 2. The summed E-state index contributed by atoms with van der Waals surface area (Å²) in [6, 6.07) is 8.30. The largest absolute Gasteiger partial charge is 0.340 e. The Balaban J connectivity index is 1.81. The zero-order chi connectivity index (χ0) is 14.1. The normalized spacial score (nSPS) is 15.9. The summed E-state index contributed by atoms with van der Waals surface area (Å²) < 4.78 is 2.11. The zero-order valence-corrected chi connectivity index (χ0v) is 11.9. The molecule has 1 fully saturated rings. The summed E-state index contributed by atoms with van der Waals surface area (Å²) in [4.78, 5) is 18.6. The number of carbonyl (C=O) groups excluding carboxylic acids is 1. The predicted octanol–water partition coefficient (Wildman–Crippen LogP) is 3.05. The maximum absolute atomic E-state index is 12.7. The molecule has 0 radical (unpaired) electrons. The van der Waals surface area contributed by atoms with Crippen molar-refractivity contribution in [2.24, 2.45) is 0 Å². The molecule has 0 N–H and O–H groups in total. The van der Waals surface area contributed by atoms with Gasteiger partial charge in [0.15, 0.2) is 0 Å². The maximum atomic E-state index is 12.7. The smallest absolute Gasteiger partial charge is 0.270 e. The highest BCUT2D eigenvalue weighted by Crippen LogP contribution is 2.36. The molecule has 4 nitrogen and oxygen atoms in total. The number of amides is 1. The molecule has 0 aliphatic heterocycles. The molecule has 2 aromatic heterocycles. The summed E-state index contributed by atoms with van der Waals surface area (Å²) in [7, 11) is 1.85. The van der Waals surface area contributed by atoms with Crippen molar-refractivity contribution in [3.05, 3.63) is 54.1 Å². The topological polar surface area (TPSA) is 38.1 Å². The number of hydrogen-bond acceptors (Lipinski definition) is 2. The molecule has 1 unspecified atom stereocenters. The van der Waals surface area contributed by atoms with Gasteiger partial charge in [0.05, 0.1) is 6.04 Å². The van der Waals surface area contributed by atoms with E-state index in [9.17, 15) is 4.79 Å². The Morgan fingerprint density at radius 3 is 2.85 bits per heavy atom. The Kier molecular flexibility index (Phi) is 3.30. The van der Waals surface area contributed by atoms with Crippen LogP contribution in [0.1, 0.15) is 47.9 Å². The number of rotatable bonds is 4. The van der Waals surface area contributed by atoms with Gasteiger partial charge in [-0.2, -0.15) is 0 Å². The second kappa shape index (κ2) is 5.12. The van der Waals surface area contributed by atoms with Gasteiger partial charge in [0, 0.05) is 31.7 Å². The van der Waals surface area contributed by atoms with Crippen molar-refractivity contribution in [3.63, 3.8) is 0 Å². The molecule has 1 saturated carbocycles. The molecule has 104 valence electrons. The van der Waals surface area contributed by atoms with E-state index in [1.807, 2.05) is 50.6 Å². The lowest BCUT2D eigenvalue weighted by molar-refractivity contribution is 0.0731. The van der Waals surface area contributed by atoms with Crippen LogP contribution in [-0.4, -0.2) is 27.4 Å². The van der Waals surface area contributed by atoms with E-state index in [4.69, 9.17) is 0 Å². The molecule has 0 bridgehead atoms. The fraction of sp³-hybridized carbons (Fsp3) is 0.375. The molecule has 1 aliphatic rings. The fourth-order valence-corrected chi connectivity index (χ4v) is 2.45. The third-order valence-corrected chi connectivity index (χ3v) is 4.01. The summed E-state index contributed by atoms with van der Waals surface area (Å²) in [5, 5.41) is 0. The van der Waals surface area contributed by atoms with Gasteiger partial charge in [-0.1, -0.05) is 6.07 Å². The van der Waals surface area contributed by atoms with Gasteiger partial charge in [-0.3, -0.25) is 9.78 Å². The number of carbonyl (C=O) groups is 1. The Bertz CT molecular complexity index is 601. The third kappa shape index (κ3) is 2.33. The zero-order valence-electron chi connectivity index (χ0n) is 11.9. The van der Waals surface area contributed by atoms with Crippen molar-refractivity contribution in [3.8, 4) is 0 Å². The van der Waals surface area contributed by atoms with E-state index in [1.165, 1.54) is 12.8 Å². The first-order valence-corrected chi connectivity index (χ1v) is 7.02. The van der Waals surface area contributed by atoms with Crippen LogP contribution in [0.2, 0.25) is 0 Å². The van der Waals surface area contributed by atoms with E-state index in [0.29, 0.717) is 6.04 Å². The van der Waals surface area contributed by atoms with Crippen LogP contribution in [0.4, 0.5) is 0 Å². The van der Waals surface area contributed by atoms with Crippen LogP contribution in [-0.2, 0) is 0 Å². The summed E-state index contributed by atoms with van der Waals surface area (Å²) in [6.45, 7) is 2.03. The van der Waals surface area contributed by atoms with E-state index < -0.39 is 0 Å². The van der Waals surface area contributed by atoms with Crippen molar-refractivity contribution < 1.29 is 4.79 Å². The van der Waals surface area contributed by atoms with Crippen LogP contribution >= 0.6 is 0 Å². The Morgan fingerprint density at radius 1 is 1.40 bits per heavy atom. The lowest BCUT2D eigenvalue weighted by Gasteiger charge is -2.25. The number of pyridine rings is 1. The Morgan fingerprint density at radius 2 is 2.20 bits per heavy atom. The summed E-state index contributed by atoms with van der Waals surface area (Å²) in [6.07, 6.45) is 7.92. The first-order valence-electron chi connectivity index (χ1n) is 7.02. The summed E-state index contributed by atoms with van der Waals surface area (Å²) >= 11 is 0. The molecule has 3 rings (SSSR count). The van der Waals surface area contributed by atoms with Crippen LogP contribution in [0.3, 0.4) is 0 Å². The molecule has 20 heavy (non-hydrogen) atoms. The lowest BCUT2D eigenvalue weighted by Crippen LogP contribution is -2.31. The fourth-order valence-electron chi connectivity index (χ4n) is 2.45. The average molecular weight is 269 g/mol. The van der Waals surface area contributed by atoms with Crippen molar-refractivity contribution in [2.75, 3.05) is 7.05 Å². The molecule has 1 amide bonds. The van der Waals surface area contributed by atoms with Crippen LogP contribution < -0.4 is 0 Å². The van der Waals surface area contributed by atoms with Gasteiger partial charge < -0.3 is 9.47 Å². The Labute approximate surface area is 119 Å². The summed E-state index contributed by atoms with van der Waals surface area (Å²) in [5.74, 6) is 0.0678. The van der Waals surface area contributed by atoms with E-state index in [-0.39, 0.29) is 11.9 Å². The van der Waals surface area contributed by atoms with Crippen LogP contribution in [0.15, 0.2) is 42.9 Å². The van der Waals surface area contributed by atoms with Gasteiger partial charge in [-0.05, 0) is 43.5 Å². The molecular formula is C16H19N3O. The van der Waals surface area contributed by atoms with Gasteiger partial charge in [0.1, 0.15) is 5.69 Å². The van der Waals surface area contributed by atoms with E-state index in [1.54, 1.807) is 11.1 Å². The lowest BCUT2D eigenvalue weighted by atomic mass is 10.1. The van der Waals surface area contributed by atoms with E-state index in [2.05, 4.69) is 9.55 Å². The molecule has 0 saturated heterocycles. The standard InChI is InChI=1S/C16H19N3O/c1-12(13-5-3-9-17-11-13)18(2)16(20)15-6-4-10-19(15)14-7-8-14/h3-6,9-12,14H,7-8H2,1-2H3. The van der Waals surface area contributed by atoms with Gasteiger partial charge in [0.2, 0.25) is 0 Å². The van der Waals surface area contributed by atoms with Crippen LogP contribution in [0.5, 0.6) is 0 Å². The van der Waals surface area contributed by atoms with Gasteiger partial charge in [0.25, 0.3) is 5.91 Å². The predicted molar refractivity (Wildman–Crippen MR) is 77.4 cm³/mol. The van der Waals surface area contributed by atoms with Gasteiger partial charge >= 0.3 is 0 Å². The minimum atomic E-state index is 0.0127. The number of nitrogens with zero attached hydrogens (tertiary/aromatic N) is 3. The van der Waals surface area contributed by atoms with E-state index >= 15 is 0 Å². The van der Waals surface area contributed by atoms with Crippen LogP contribution in [0.25, 0.3) is 0 Å². The quantitative estimate of drug-likeness (QED) is 0.855. The second-order valence-corrected chi connectivity index (χ2v) is 5.41. The number of hydrogen-bond donors (Lipinski definition) is 0. The van der Waals surface area contributed by atoms with Gasteiger partial charge in [-0.15, -0.1) is 0 Å². The molecule has 1 atom stereocenters. The molecule has 4 heteroatoms.